The van der Waals surface area contributed by atoms with Crippen molar-refractivity contribution in [1.82, 2.24) is 5.32 Å². The molecule has 2 bridgehead atoms. The number of amides is 1. The summed E-state index contributed by atoms with van der Waals surface area (Å²) in [7, 11) is 0. The number of hydrogen-bond donors (Lipinski definition) is 3. The van der Waals surface area contributed by atoms with E-state index in [4.69, 9.17) is 10.5 Å². The molecule has 26 heavy (non-hydrogen) atoms. The Kier molecular flexibility index (Phi) is 5.69. The van der Waals surface area contributed by atoms with Crippen LogP contribution in [-0.2, 0) is 0 Å². The molecule has 2 aliphatic rings. The number of anilines is 2. The molecule has 138 valence electrons. The minimum absolute atomic E-state index is 0. The summed E-state index contributed by atoms with van der Waals surface area (Å²) in [5.41, 5.74) is 7.83. The minimum Gasteiger partial charge on any atom is -0.490 e. The lowest BCUT2D eigenvalue weighted by Gasteiger charge is -2.29. The fourth-order valence-electron chi connectivity index (χ4n) is 3.81. The van der Waals surface area contributed by atoms with Gasteiger partial charge in [-0.15, -0.1) is 12.4 Å². The van der Waals surface area contributed by atoms with Crippen molar-refractivity contribution in [3.05, 3.63) is 54.1 Å². The maximum absolute atomic E-state index is 12.2. The van der Waals surface area contributed by atoms with Crippen molar-refractivity contribution in [2.75, 3.05) is 11.1 Å². The molecular formula is C20H24ClN3O2. The van der Waals surface area contributed by atoms with E-state index in [0.717, 1.165) is 18.6 Å². The Labute approximate surface area is 159 Å². The van der Waals surface area contributed by atoms with Crippen LogP contribution in [0.4, 0.5) is 11.4 Å². The second-order valence-corrected chi connectivity index (χ2v) is 6.92. The monoisotopic (exact) mass is 373 g/mol. The second-order valence-electron chi connectivity index (χ2n) is 6.92. The normalized spacial score (nSPS) is 23.8. The molecule has 0 aliphatic carbocycles. The van der Waals surface area contributed by atoms with Gasteiger partial charge in [-0.1, -0.05) is 18.2 Å². The van der Waals surface area contributed by atoms with Crippen LogP contribution in [0.3, 0.4) is 0 Å². The molecule has 2 heterocycles. The van der Waals surface area contributed by atoms with E-state index in [2.05, 4.69) is 10.6 Å². The Hall–Kier alpha value is -2.24. The first kappa shape index (κ1) is 18.5. The van der Waals surface area contributed by atoms with Gasteiger partial charge in [0, 0.05) is 23.7 Å². The van der Waals surface area contributed by atoms with Gasteiger partial charge in [0.1, 0.15) is 11.9 Å². The van der Waals surface area contributed by atoms with E-state index >= 15 is 0 Å². The Morgan fingerprint density at radius 2 is 1.77 bits per heavy atom. The Balaban J connectivity index is 0.00000196. The average Bonchev–Trinajstić information content (AvgIpc) is 2.96. The van der Waals surface area contributed by atoms with E-state index in [1.165, 1.54) is 12.8 Å². The van der Waals surface area contributed by atoms with Gasteiger partial charge in [0.25, 0.3) is 5.91 Å². The van der Waals surface area contributed by atoms with Crippen LogP contribution < -0.4 is 21.1 Å². The van der Waals surface area contributed by atoms with Gasteiger partial charge >= 0.3 is 0 Å². The number of halogens is 1. The van der Waals surface area contributed by atoms with E-state index < -0.39 is 0 Å². The van der Waals surface area contributed by atoms with E-state index in [1.807, 2.05) is 24.3 Å². The number of benzene rings is 2. The first-order valence-electron chi connectivity index (χ1n) is 8.86. The number of hydrogen-bond acceptors (Lipinski definition) is 4. The maximum Gasteiger partial charge on any atom is 0.255 e. The van der Waals surface area contributed by atoms with E-state index in [0.29, 0.717) is 29.0 Å². The molecular weight excluding hydrogens is 350 g/mol. The highest BCUT2D eigenvalue weighted by atomic mass is 35.5. The Morgan fingerprint density at radius 1 is 1.08 bits per heavy atom. The molecule has 2 saturated heterocycles. The van der Waals surface area contributed by atoms with Crippen LogP contribution in [0.5, 0.6) is 5.75 Å². The van der Waals surface area contributed by atoms with E-state index in [9.17, 15) is 4.79 Å². The summed E-state index contributed by atoms with van der Waals surface area (Å²) in [5, 5.41) is 6.46. The zero-order valence-electron chi connectivity index (χ0n) is 14.5. The SMILES string of the molecule is Cl.Nc1cc(OC2CC3CCC(C2)N3)ccc1NC(=O)c1ccccc1. The molecule has 0 aromatic heterocycles. The lowest BCUT2D eigenvalue weighted by molar-refractivity contribution is 0.102. The minimum atomic E-state index is -0.170. The summed E-state index contributed by atoms with van der Waals surface area (Å²) in [5.74, 6) is 0.595. The predicted molar refractivity (Wildman–Crippen MR) is 106 cm³/mol. The van der Waals surface area contributed by atoms with Crippen LogP contribution in [0.15, 0.2) is 48.5 Å². The summed E-state index contributed by atoms with van der Waals surface area (Å²) < 4.78 is 6.13. The summed E-state index contributed by atoms with van der Waals surface area (Å²) in [6.45, 7) is 0. The first-order chi connectivity index (χ1) is 12.2. The molecule has 4 rings (SSSR count). The van der Waals surface area contributed by atoms with Gasteiger partial charge in [0.15, 0.2) is 0 Å². The zero-order valence-corrected chi connectivity index (χ0v) is 15.3. The van der Waals surface area contributed by atoms with Crippen LogP contribution >= 0.6 is 12.4 Å². The lowest BCUT2D eigenvalue weighted by Crippen LogP contribution is -2.42. The predicted octanol–water partition coefficient (Wildman–Crippen LogP) is 3.60. The summed E-state index contributed by atoms with van der Waals surface area (Å²) in [6.07, 6.45) is 4.82. The highest BCUT2D eigenvalue weighted by molar-refractivity contribution is 6.05. The Bertz CT molecular complexity index is 757. The molecule has 2 unspecified atom stereocenters. The lowest BCUT2D eigenvalue weighted by atomic mass is 10.0. The quantitative estimate of drug-likeness (QED) is 0.715. The van der Waals surface area contributed by atoms with Crippen molar-refractivity contribution in [1.29, 1.82) is 0 Å². The molecule has 6 heteroatoms. The van der Waals surface area contributed by atoms with Crippen LogP contribution in [0.2, 0.25) is 0 Å². The molecule has 1 amide bonds. The molecule has 4 N–H and O–H groups in total. The van der Waals surface area contributed by atoms with Crippen LogP contribution in [0.25, 0.3) is 0 Å². The van der Waals surface area contributed by atoms with E-state index in [-0.39, 0.29) is 24.4 Å². The highest BCUT2D eigenvalue weighted by Gasteiger charge is 2.34. The third kappa shape index (κ3) is 4.11. The van der Waals surface area contributed by atoms with Gasteiger partial charge in [-0.05, 0) is 49.9 Å². The van der Waals surface area contributed by atoms with Gasteiger partial charge < -0.3 is 21.1 Å². The van der Waals surface area contributed by atoms with Crippen molar-refractivity contribution in [3.8, 4) is 5.75 Å². The molecule has 0 radical (unpaired) electrons. The number of nitrogens with one attached hydrogen (secondary N) is 2. The summed E-state index contributed by atoms with van der Waals surface area (Å²) >= 11 is 0. The van der Waals surface area contributed by atoms with Gasteiger partial charge in [-0.25, -0.2) is 0 Å². The number of fused-ring (bicyclic) bond motifs is 2. The maximum atomic E-state index is 12.2. The van der Waals surface area contributed by atoms with Gasteiger partial charge in [-0.2, -0.15) is 0 Å². The molecule has 2 aromatic carbocycles. The van der Waals surface area contributed by atoms with Gasteiger partial charge in [0.2, 0.25) is 0 Å². The molecule has 2 fully saturated rings. The van der Waals surface area contributed by atoms with Gasteiger partial charge in [-0.3, -0.25) is 4.79 Å². The third-order valence-electron chi connectivity index (χ3n) is 5.04. The first-order valence-corrected chi connectivity index (χ1v) is 8.86. The molecule has 2 aromatic rings. The topological polar surface area (TPSA) is 76.4 Å². The second kappa shape index (κ2) is 7.98. The largest absolute Gasteiger partial charge is 0.490 e. The fourth-order valence-corrected chi connectivity index (χ4v) is 3.81. The molecule has 0 spiro atoms. The van der Waals surface area contributed by atoms with Crippen molar-refractivity contribution in [2.24, 2.45) is 0 Å². The van der Waals surface area contributed by atoms with Crippen LogP contribution in [0, 0.1) is 0 Å². The number of carbonyl (C=O) groups excluding carboxylic acids is 1. The van der Waals surface area contributed by atoms with Crippen molar-refractivity contribution in [3.63, 3.8) is 0 Å². The average molecular weight is 374 g/mol. The number of piperidine rings is 1. The highest BCUT2D eigenvalue weighted by Crippen LogP contribution is 2.31. The smallest absolute Gasteiger partial charge is 0.255 e. The molecule has 0 saturated carbocycles. The number of ether oxygens (including phenoxy) is 1. The summed E-state index contributed by atoms with van der Waals surface area (Å²) in [6, 6.07) is 15.7. The Morgan fingerprint density at radius 3 is 2.42 bits per heavy atom. The third-order valence-corrected chi connectivity index (χ3v) is 5.04. The molecule has 2 aliphatic heterocycles. The number of nitrogen functional groups attached to an aromatic ring is 1. The standard InChI is InChI=1S/C20H23N3O2.ClH/c21-18-12-16(25-17-10-14-6-7-15(11-17)22-14)8-9-19(18)23-20(24)13-4-2-1-3-5-13;/h1-5,8-9,12,14-15,17,22H,6-7,10-11,21H2,(H,23,24);1H. The summed E-state index contributed by atoms with van der Waals surface area (Å²) in [4.78, 5) is 12.2. The number of nitrogens with two attached hydrogens (primary N) is 1. The van der Waals surface area contributed by atoms with E-state index in [1.54, 1.807) is 24.3 Å². The fraction of sp³-hybridized carbons (Fsp3) is 0.350. The van der Waals surface area contributed by atoms with Crippen molar-refractivity contribution < 1.29 is 9.53 Å². The van der Waals surface area contributed by atoms with Crippen LogP contribution in [0.1, 0.15) is 36.0 Å². The van der Waals surface area contributed by atoms with Gasteiger partial charge in [0.05, 0.1) is 11.4 Å². The van der Waals surface area contributed by atoms with Crippen molar-refractivity contribution >= 4 is 29.7 Å². The zero-order chi connectivity index (χ0) is 17.2. The van der Waals surface area contributed by atoms with Crippen molar-refractivity contribution in [2.45, 2.75) is 43.9 Å². The van der Waals surface area contributed by atoms with Crippen LogP contribution in [-0.4, -0.2) is 24.1 Å². The molecule has 5 nitrogen and oxygen atoms in total. The number of rotatable bonds is 4. The molecule has 2 atom stereocenters. The number of carbonyl (C=O) groups is 1.